The van der Waals surface area contributed by atoms with Crippen molar-refractivity contribution in [2.45, 2.75) is 49.8 Å². The number of benzene rings is 2. The van der Waals surface area contributed by atoms with Crippen molar-refractivity contribution in [1.82, 2.24) is 0 Å². The van der Waals surface area contributed by atoms with Crippen LogP contribution in [0, 0.1) is 17.0 Å². The molecule has 0 heterocycles. The zero-order chi connectivity index (χ0) is 25.8. The summed E-state index contributed by atoms with van der Waals surface area (Å²) in [5, 5.41) is 0. The molecule has 2 aliphatic carbocycles. The predicted molar refractivity (Wildman–Crippen MR) is 141 cm³/mol. The summed E-state index contributed by atoms with van der Waals surface area (Å²) >= 11 is -6.18. The van der Waals surface area contributed by atoms with Crippen molar-refractivity contribution < 1.29 is 29.7 Å². The van der Waals surface area contributed by atoms with Crippen LogP contribution < -0.4 is 5.63 Å². The van der Waals surface area contributed by atoms with Gasteiger partial charge in [0.15, 0.2) is 0 Å². The summed E-state index contributed by atoms with van der Waals surface area (Å²) in [6, 6.07) is 12.3. The second kappa shape index (κ2) is 7.26. The summed E-state index contributed by atoms with van der Waals surface area (Å²) in [5.74, 6) is 0.442. The molecule has 0 radical (unpaired) electrons. The summed E-state index contributed by atoms with van der Waals surface area (Å²) in [5.41, 5.74) is 2.33. The molecule has 0 spiro atoms. The maximum atomic E-state index is 13.9. The number of halogens is 2. The van der Waals surface area contributed by atoms with E-state index in [2.05, 4.69) is 61.3 Å². The van der Waals surface area contributed by atoms with Gasteiger partial charge in [-0.1, -0.05) is 0 Å². The van der Waals surface area contributed by atoms with E-state index < -0.39 is 15.3 Å². The first kappa shape index (κ1) is 26.0. The van der Waals surface area contributed by atoms with Gasteiger partial charge in [0.1, 0.15) is 0 Å². The SMILES string of the molecule is CC1=CC[C]([Zr]([CH3])([CH3])(=[SiH2])([O]c2ccc(F)cc2)([O]c2ccc(F)cc2)[C]2=CC(C(C)(C)C)=CC2)=C1. The Morgan fingerprint density at radius 3 is 1.54 bits per heavy atom. The molecule has 0 fully saturated rings. The van der Waals surface area contributed by atoms with Gasteiger partial charge in [0, 0.05) is 0 Å². The van der Waals surface area contributed by atoms with Crippen LogP contribution in [0.3, 0.4) is 0 Å². The van der Waals surface area contributed by atoms with Gasteiger partial charge in [-0.15, -0.1) is 0 Å². The van der Waals surface area contributed by atoms with Gasteiger partial charge in [0.2, 0.25) is 0 Å². The molecule has 2 aliphatic rings. The van der Waals surface area contributed by atoms with Crippen LogP contribution in [-0.2, 0) is 15.3 Å². The Balaban J connectivity index is 2.09. The average molecular weight is 574 g/mol. The van der Waals surface area contributed by atoms with E-state index in [1.54, 1.807) is 24.3 Å². The van der Waals surface area contributed by atoms with Gasteiger partial charge in [-0.25, -0.2) is 0 Å². The summed E-state index contributed by atoms with van der Waals surface area (Å²) in [6.45, 7) is 10.5. The second-order valence-corrected chi connectivity index (χ2v) is 54.2. The Morgan fingerprint density at radius 1 is 0.743 bits per heavy atom. The second-order valence-electron chi connectivity index (χ2n) is 13.0. The van der Waals surface area contributed by atoms with Crippen LogP contribution >= 0.6 is 0 Å². The quantitative estimate of drug-likeness (QED) is 0.325. The summed E-state index contributed by atoms with van der Waals surface area (Å²) in [6.07, 6.45) is 10.3. The Labute approximate surface area is 204 Å². The molecule has 2 aromatic rings. The molecule has 0 N–H and O–H groups in total. The zero-order valence-corrected chi connectivity index (χ0v) is 25.5. The molecule has 0 saturated heterocycles. The van der Waals surface area contributed by atoms with Gasteiger partial charge in [-0.05, 0) is 0 Å². The standard InChI is InChI=1S/C9H13.2C6H5FO.C6H7.2CH3.H2Si.Zr/c1-9(2,3)8-6-4-5-7-8;2*7-5-1-3-6(8)4-2-5;1-6-4-2-3-5-6;;;;/h6-7H,4H2,1-3H3;2*1-4,8H;4-5H,2H2,1H3;2*1H3;1H2;/q;;;;;;;+2/p-2. The van der Waals surface area contributed by atoms with Crippen LogP contribution in [0.2, 0.25) is 9.26 Å². The van der Waals surface area contributed by atoms with Crippen molar-refractivity contribution in [2.24, 2.45) is 5.41 Å². The van der Waals surface area contributed by atoms with E-state index in [1.807, 2.05) is 6.88 Å². The van der Waals surface area contributed by atoms with Gasteiger partial charge in [0.05, 0.1) is 0 Å². The third-order valence-corrected chi connectivity index (χ3v) is 34.9. The third kappa shape index (κ3) is 4.27. The molecule has 35 heavy (non-hydrogen) atoms. The zero-order valence-electron chi connectivity index (χ0n) is 21.6. The molecule has 0 saturated carbocycles. The van der Waals surface area contributed by atoms with Crippen LogP contribution in [0.1, 0.15) is 40.5 Å². The molecule has 6 heteroatoms. The molecule has 0 atom stereocenters. The normalized spacial score (nSPS) is 19.4. The van der Waals surface area contributed by atoms with Crippen molar-refractivity contribution in [3.05, 3.63) is 102 Å². The first-order chi connectivity index (χ1) is 16.0. The Morgan fingerprint density at radius 2 is 1.17 bits per heavy atom. The summed E-state index contributed by atoms with van der Waals surface area (Å²) in [4.78, 5) is 0. The monoisotopic (exact) mass is 572 g/mol. The van der Waals surface area contributed by atoms with Gasteiger partial charge in [0.25, 0.3) is 0 Å². The molecule has 4 rings (SSSR count). The van der Waals surface area contributed by atoms with Crippen molar-refractivity contribution in [3.63, 3.8) is 0 Å². The van der Waals surface area contributed by atoms with Crippen molar-refractivity contribution in [3.8, 4) is 11.5 Å². The number of hydrogen-bond donors (Lipinski definition) is 0. The minimum absolute atomic E-state index is 0.0491. The fourth-order valence-corrected chi connectivity index (χ4v) is 26.6. The molecule has 0 unspecified atom stereocenters. The van der Waals surface area contributed by atoms with Crippen LogP contribution in [0.25, 0.3) is 0 Å². The summed E-state index contributed by atoms with van der Waals surface area (Å²) in [7, 11) is 0. The minimum atomic E-state index is -6.18. The molecule has 0 aromatic heterocycles. The molecular formula is C29H36F2O2SiZr. The van der Waals surface area contributed by atoms with Gasteiger partial charge < -0.3 is 0 Å². The van der Waals surface area contributed by atoms with E-state index in [4.69, 9.17) is 5.63 Å². The number of allylic oxidation sites excluding steroid dienone is 8. The topological polar surface area (TPSA) is 18.5 Å². The fourth-order valence-electron chi connectivity index (χ4n) is 5.58. The van der Waals surface area contributed by atoms with E-state index in [9.17, 15) is 8.78 Å². The van der Waals surface area contributed by atoms with Gasteiger partial charge >= 0.3 is 205 Å². The fraction of sp³-hybridized carbons (Fsp3) is 0.310. The van der Waals surface area contributed by atoms with Gasteiger partial charge in [-0.2, -0.15) is 0 Å². The first-order valence-electron chi connectivity index (χ1n) is 12.2. The number of hydrogen-bond acceptors (Lipinski definition) is 2. The molecule has 0 aliphatic heterocycles. The predicted octanol–water partition coefficient (Wildman–Crippen LogP) is 8.15. The molecule has 0 amide bonds. The van der Waals surface area contributed by atoms with Crippen molar-refractivity contribution in [2.75, 3.05) is 0 Å². The van der Waals surface area contributed by atoms with Crippen molar-refractivity contribution >= 4 is 6.88 Å². The van der Waals surface area contributed by atoms with Gasteiger partial charge in [-0.3, -0.25) is 0 Å². The molecule has 2 aromatic carbocycles. The van der Waals surface area contributed by atoms with E-state index in [0.717, 1.165) is 12.1 Å². The first-order valence-corrected chi connectivity index (χ1v) is 27.5. The third-order valence-electron chi connectivity index (χ3n) is 8.07. The molecule has 0 bridgehead atoms. The number of rotatable bonds is 6. The van der Waals surface area contributed by atoms with Crippen LogP contribution in [-0.4, -0.2) is 6.88 Å². The molecule has 186 valence electrons. The average Bonchev–Trinajstić information content (AvgIpc) is 3.43. The van der Waals surface area contributed by atoms with E-state index in [1.165, 1.54) is 29.8 Å². The molecular weight excluding hydrogens is 538 g/mol. The van der Waals surface area contributed by atoms with E-state index in [0.29, 0.717) is 24.3 Å². The van der Waals surface area contributed by atoms with Crippen molar-refractivity contribution in [1.29, 1.82) is 0 Å². The summed E-state index contributed by atoms with van der Waals surface area (Å²) < 4.78 is 49.0. The van der Waals surface area contributed by atoms with E-state index >= 15 is 0 Å². The van der Waals surface area contributed by atoms with Crippen LogP contribution in [0.4, 0.5) is 8.78 Å². The Bertz CT molecular complexity index is 1400. The molecule has 2 nitrogen and oxygen atoms in total. The maximum absolute atomic E-state index is 13.9. The van der Waals surface area contributed by atoms with Crippen LogP contribution in [0.5, 0.6) is 11.5 Å². The Kier molecular flexibility index (Phi) is 5.40. The van der Waals surface area contributed by atoms with Crippen LogP contribution in [0.15, 0.2) is 90.5 Å². The van der Waals surface area contributed by atoms with E-state index in [-0.39, 0.29) is 17.0 Å². The Hall–Kier alpha value is -2.04.